The molecule has 3 rings (SSSR count). The highest BCUT2D eigenvalue weighted by Crippen LogP contribution is 2.23. The monoisotopic (exact) mass is 372 g/mol. The molecule has 0 unspecified atom stereocenters. The number of esters is 2. The number of benzene rings is 2. The second kappa shape index (κ2) is 9.28. The predicted molar refractivity (Wildman–Crippen MR) is 96.2 cm³/mol. The molecule has 142 valence electrons. The lowest BCUT2D eigenvalue weighted by atomic mass is 10.1. The maximum atomic E-state index is 14.9. The zero-order valence-corrected chi connectivity index (χ0v) is 14.8. The van der Waals surface area contributed by atoms with Gasteiger partial charge in [-0.2, -0.15) is 0 Å². The van der Waals surface area contributed by atoms with E-state index in [1.165, 1.54) is 0 Å². The average molecular weight is 372 g/mol. The number of carbonyl (C=O) groups is 2. The third kappa shape index (κ3) is 5.14. The zero-order chi connectivity index (χ0) is 19.1. The Kier molecular flexibility index (Phi) is 6.54. The van der Waals surface area contributed by atoms with Crippen molar-refractivity contribution >= 4 is 11.9 Å². The topological polar surface area (TPSA) is 61.8 Å². The van der Waals surface area contributed by atoms with Gasteiger partial charge in [0.1, 0.15) is 18.8 Å². The van der Waals surface area contributed by atoms with Gasteiger partial charge in [-0.3, -0.25) is 0 Å². The van der Waals surface area contributed by atoms with E-state index < -0.39 is 30.3 Å². The van der Waals surface area contributed by atoms with Gasteiger partial charge >= 0.3 is 11.9 Å². The second-order valence-electron chi connectivity index (χ2n) is 6.27. The van der Waals surface area contributed by atoms with Crippen molar-refractivity contribution in [2.24, 2.45) is 0 Å². The molecule has 1 fully saturated rings. The third-order valence-corrected chi connectivity index (χ3v) is 4.33. The summed E-state index contributed by atoms with van der Waals surface area (Å²) < 4.78 is 30.9. The van der Waals surface area contributed by atoms with E-state index in [0.717, 1.165) is 0 Å². The van der Waals surface area contributed by atoms with Crippen molar-refractivity contribution in [3.8, 4) is 0 Å². The number of carbonyl (C=O) groups excluding carboxylic acids is 2. The molecule has 2 aromatic rings. The number of rotatable bonds is 5. The van der Waals surface area contributed by atoms with E-state index >= 15 is 0 Å². The molecule has 3 atom stereocenters. The van der Waals surface area contributed by atoms with Crippen LogP contribution >= 0.6 is 0 Å². The van der Waals surface area contributed by atoms with Crippen molar-refractivity contribution in [2.75, 3.05) is 13.2 Å². The Balaban J connectivity index is 1.59. The number of ether oxygens (including phenoxy) is 3. The molecule has 0 N–H and O–H groups in total. The minimum Gasteiger partial charge on any atom is -0.459 e. The molecule has 1 aliphatic rings. The molecule has 0 radical (unpaired) electrons. The van der Waals surface area contributed by atoms with E-state index in [0.29, 0.717) is 30.6 Å². The summed E-state index contributed by atoms with van der Waals surface area (Å²) in [6, 6.07) is 16.9. The first-order valence-electron chi connectivity index (χ1n) is 8.89. The van der Waals surface area contributed by atoms with Gasteiger partial charge in [0.2, 0.25) is 0 Å². The summed E-state index contributed by atoms with van der Waals surface area (Å²) in [4.78, 5) is 24.3. The lowest BCUT2D eigenvalue weighted by molar-refractivity contribution is -0.0660. The van der Waals surface area contributed by atoms with Crippen LogP contribution in [0.15, 0.2) is 60.7 Å². The molecule has 6 heteroatoms. The summed E-state index contributed by atoms with van der Waals surface area (Å²) in [6.07, 6.45) is -2.60. The molecule has 0 saturated carbocycles. The Hall–Kier alpha value is -2.73. The van der Waals surface area contributed by atoms with Crippen molar-refractivity contribution < 1.29 is 28.2 Å². The Bertz CT molecular complexity index is 750. The Morgan fingerprint density at radius 1 is 0.963 bits per heavy atom. The van der Waals surface area contributed by atoms with E-state index in [1.807, 2.05) is 0 Å². The van der Waals surface area contributed by atoms with Crippen molar-refractivity contribution in [1.82, 2.24) is 0 Å². The molecule has 1 saturated heterocycles. The molecule has 0 amide bonds. The third-order valence-electron chi connectivity index (χ3n) is 4.33. The van der Waals surface area contributed by atoms with Gasteiger partial charge in [-0.15, -0.1) is 0 Å². The molecule has 0 spiro atoms. The molecule has 27 heavy (non-hydrogen) atoms. The summed E-state index contributed by atoms with van der Waals surface area (Å²) in [5.41, 5.74) is 0.746. The largest absolute Gasteiger partial charge is 0.459 e. The van der Waals surface area contributed by atoms with Crippen LogP contribution in [0.2, 0.25) is 0 Å². The van der Waals surface area contributed by atoms with Crippen molar-refractivity contribution in [3.05, 3.63) is 71.8 Å². The molecule has 0 aromatic heterocycles. The SMILES string of the molecule is O=C(OC[C@H]1OCCC[C@@H](OC(=O)c2ccccc2)[C@@H]1F)c1ccccc1. The molecular formula is C21H21FO5. The van der Waals surface area contributed by atoms with E-state index in [1.54, 1.807) is 60.7 Å². The van der Waals surface area contributed by atoms with Crippen LogP contribution in [0, 0.1) is 0 Å². The van der Waals surface area contributed by atoms with Crippen molar-refractivity contribution in [1.29, 1.82) is 0 Å². The molecule has 2 aromatic carbocycles. The van der Waals surface area contributed by atoms with Crippen LogP contribution in [0.25, 0.3) is 0 Å². The van der Waals surface area contributed by atoms with Crippen LogP contribution < -0.4 is 0 Å². The van der Waals surface area contributed by atoms with Crippen LogP contribution in [0.3, 0.4) is 0 Å². The number of alkyl halides is 1. The number of hydrogen-bond donors (Lipinski definition) is 0. The fraction of sp³-hybridized carbons (Fsp3) is 0.333. The molecule has 1 heterocycles. The van der Waals surface area contributed by atoms with Gasteiger partial charge in [-0.1, -0.05) is 36.4 Å². The van der Waals surface area contributed by atoms with Crippen molar-refractivity contribution in [2.45, 2.75) is 31.2 Å². The highest BCUT2D eigenvalue weighted by Gasteiger charge is 2.36. The van der Waals surface area contributed by atoms with Gasteiger partial charge < -0.3 is 14.2 Å². The van der Waals surface area contributed by atoms with Gasteiger partial charge in [-0.25, -0.2) is 14.0 Å². The quantitative estimate of drug-likeness (QED) is 0.751. The average Bonchev–Trinajstić information content (AvgIpc) is 2.89. The van der Waals surface area contributed by atoms with Gasteiger partial charge in [-0.05, 0) is 37.1 Å². The molecular weight excluding hydrogens is 351 g/mol. The molecule has 5 nitrogen and oxygen atoms in total. The number of hydrogen-bond acceptors (Lipinski definition) is 5. The molecule has 0 bridgehead atoms. The summed E-state index contributed by atoms with van der Waals surface area (Å²) in [7, 11) is 0. The lowest BCUT2D eigenvalue weighted by Crippen LogP contribution is -2.39. The van der Waals surface area contributed by atoms with E-state index in [9.17, 15) is 14.0 Å². The summed E-state index contributed by atoms with van der Waals surface area (Å²) >= 11 is 0. The van der Waals surface area contributed by atoms with Crippen molar-refractivity contribution in [3.63, 3.8) is 0 Å². The summed E-state index contributed by atoms with van der Waals surface area (Å²) in [5, 5.41) is 0. The fourth-order valence-electron chi connectivity index (χ4n) is 2.87. The van der Waals surface area contributed by atoms with Crippen LogP contribution in [0.5, 0.6) is 0 Å². The van der Waals surface area contributed by atoms with Gasteiger partial charge in [0.25, 0.3) is 0 Å². The summed E-state index contributed by atoms with van der Waals surface area (Å²) in [5.74, 6) is -1.13. The van der Waals surface area contributed by atoms with Crippen LogP contribution in [-0.2, 0) is 14.2 Å². The van der Waals surface area contributed by atoms with Crippen LogP contribution in [0.4, 0.5) is 4.39 Å². The normalized spacial score (nSPS) is 22.5. The first kappa shape index (κ1) is 19.0. The fourth-order valence-corrected chi connectivity index (χ4v) is 2.87. The van der Waals surface area contributed by atoms with Crippen LogP contribution in [-0.4, -0.2) is 43.5 Å². The lowest BCUT2D eigenvalue weighted by Gasteiger charge is -2.24. The van der Waals surface area contributed by atoms with E-state index in [-0.39, 0.29) is 6.61 Å². The minimum absolute atomic E-state index is 0.242. The number of halogens is 1. The maximum absolute atomic E-state index is 14.9. The van der Waals surface area contributed by atoms with Gasteiger partial charge in [0.15, 0.2) is 6.17 Å². The standard InChI is InChI=1S/C21H21FO5/c22-19-17(27-21(24)16-10-5-2-6-11-16)12-7-13-25-18(19)14-26-20(23)15-8-3-1-4-9-15/h1-6,8-11,17-19H,7,12-14H2/t17-,18-,19+/m1/s1. The van der Waals surface area contributed by atoms with E-state index in [4.69, 9.17) is 14.2 Å². The zero-order valence-electron chi connectivity index (χ0n) is 14.8. The highest BCUT2D eigenvalue weighted by molar-refractivity contribution is 5.89. The smallest absolute Gasteiger partial charge is 0.338 e. The Morgan fingerprint density at radius 2 is 1.56 bits per heavy atom. The maximum Gasteiger partial charge on any atom is 0.338 e. The minimum atomic E-state index is -1.58. The molecule has 0 aliphatic carbocycles. The Labute approximate surface area is 157 Å². The second-order valence-corrected chi connectivity index (χ2v) is 6.27. The van der Waals surface area contributed by atoms with Crippen LogP contribution in [0.1, 0.15) is 33.6 Å². The van der Waals surface area contributed by atoms with Gasteiger partial charge in [0.05, 0.1) is 11.1 Å². The molecule has 1 aliphatic heterocycles. The first-order valence-corrected chi connectivity index (χ1v) is 8.89. The predicted octanol–water partition coefficient (Wildman–Crippen LogP) is 3.59. The Morgan fingerprint density at radius 3 is 2.19 bits per heavy atom. The first-order chi connectivity index (χ1) is 13.1. The summed E-state index contributed by atoms with van der Waals surface area (Å²) in [6.45, 7) is 0.0711. The van der Waals surface area contributed by atoms with Gasteiger partial charge in [0, 0.05) is 6.61 Å². The van der Waals surface area contributed by atoms with E-state index in [2.05, 4.69) is 0 Å². The highest BCUT2D eigenvalue weighted by atomic mass is 19.1.